The standard InChI is InChI=1S/C20H22N4O3S/c1-22(2)28(26,27)18-7-5-6-15-13-23(11-9-17(15)18)14-16-12-20(25)24-10-4-3-8-19(24)21-16/h3-8,10,12H,9,11,13-14H2,1-2H3. The van der Waals surface area contributed by atoms with Gasteiger partial charge in [0.05, 0.1) is 10.6 Å². The van der Waals surface area contributed by atoms with Crippen molar-refractivity contribution in [3.05, 3.63) is 75.8 Å². The molecule has 0 spiro atoms. The van der Waals surface area contributed by atoms with E-state index in [1.54, 1.807) is 44.6 Å². The number of sulfonamides is 1. The lowest BCUT2D eigenvalue weighted by Crippen LogP contribution is -2.33. The predicted molar refractivity (Wildman–Crippen MR) is 107 cm³/mol. The summed E-state index contributed by atoms with van der Waals surface area (Å²) >= 11 is 0. The third kappa shape index (κ3) is 3.34. The number of rotatable bonds is 4. The molecule has 3 aromatic rings. The first-order chi connectivity index (χ1) is 13.4. The summed E-state index contributed by atoms with van der Waals surface area (Å²) in [5.41, 5.74) is 3.14. The summed E-state index contributed by atoms with van der Waals surface area (Å²) in [4.78, 5) is 19.5. The van der Waals surface area contributed by atoms with Gasteiger partial charge in [0.15, 0.2) is 0 Å². The van der Waals surface area contributed by atoms with Crippen molar-refractivity contribution >= 4 is 15.7 Å². The monoisotopic (exact) mass is 398 g/mol. The minimum absolute atomic E-state index is 0.0997. The highest BCUT2D eigenvalue weighted by Crippen LogP contribution is 2.27. The zero-order valence-corrected chi connectivity index (χ0v) is 16.7. The number of hydrogen-bond acceptors (Lipinski definition) is 5. The van der Waals surface area contributed by atoms with Gasteiger partial charge in [0.25, 0.3) is 5.56 Å². The molecule has 0 aliphatic carbocycles. The minimum Gasteiger partial charge on any atom is -0.293 e. The molecule has 1 aromatic carbocycles. The first-order valence-corrected chi connectivity index (χ1v) is 10.5. The molecule has 1 aliphatic rings. The number of pyridine rings is 1. The van der Waals surface area contributed by atoms with E-state index in [1.807, 2.05) is 18.2 Å². The summed E-state index contributed by atoms with van der Waals surface area (Å²) in [5.74, 6) is 0. The molecule has 0 saturated carbocycles. The van der Waals surface area contributed by atoms with Crippen LogP contribution in [-0.2, 0) is 29.5 Å². The number of aromatic nitrogens is 2. The first-order valence-electron chi connectivity index (χ1n) is 9.09. The SMILES string of the molecule is CN(C)S(=O)(=O)c1cccc2c1CCN(Cc1cc(=O)n3ccccc3n1)C2. The van der Waals surface area contributed by atoms with Gasteiger partial charge in [-0.1, -0.05) is 18.2 Å². The van der Waals surface area contributed by atoms with Crippen LogP contribution in [0.3, 0.4) is 0 Å². The number of hydrogen-bond donors (Lipinski definition) is 0. The molecule has 0 amide bonds. The van der Waals surface area contributed by atoms with Crippen LogP contribution in [0.5, 0.6) is 0 Å². The van der Waals surface area contributed by atoms with Gasteiger partial charge in [-0.15, -0.1) is 0 Å². The van der Waals surface area contributed by atoms with Crippen molar-refractivity contribution < 1.29 is 8.42 Å². The molecular formula is C20H22N4O3S. The molecule has 0 unspecified atom stereocenters. The van der Waals surface area contributed by atoms with Crippen molar-refractivity contribution in [2.45, 2.75) is 24.4 Å². The zero-order chi connectivity index (χ0) is 19.9. The van der Waals surface area contributed by atoms with Gasteiger partial charge in [0, 0.05) is 46.0 Å². The maximum atomic E-state index is 12.6. The number of fused-ring (bicyclic) bond motifs is 2. The van der Waals surface area contributed by atoms with E-state index < -0.39 is 10.0 Å². The fourth-order valence-corrected chi connectivity index (χ4v) is 4.81. The summed E-state index contributed by atoms with van der Waals surface area (Å²) in [5, 5.41) is 0. The summed E-state index contributed by atoms with van der Waals surface area (Å²) < 4.78 is 28.0. The fourth-order valence-electron chi connectivity index (χ4n) is 3.62. The minimum atomic E-state index is -3.47. The molecule has 2 aromatic heterocycles. The van der Waals surface area contributed by atoms with Crippen LogP contribution in [0.25, 0.3) is 5.65 Å². The van der Waals surface area contributed by atoms with Gasteiger partial charge in [-0.05, 0) is 35.7 Å². The van der Waals surface area contributed by atoms with Crippen molar-refractivity contribution in [1.29, 1.82) is 0 Å². The highest BCUT2D eigenvalue weighted by Gasteiger charge is 2.26. The second-order valence-corrected chi connectivity index (χ2v) is 9.28. The highest BCUT2D eigenvalue weighted by molar-refractivity contribution is 7.89. The topological polar surface area (TPSA) is 75.0 Å². The Kier molecular flexibility index (Phi) is 4.78. The summed E-state index contributed by atoms with van der Waals surface area (Å²) in [6.45, 7) is 1.88. The molecular weight excluding hydrogens is 376 g/mol. The van der Waals surface area contributed by atoms with E-state index in [0.29, 0.717) is 36.6 Å². The van der Waals surface area contributed by atoms with Crippen LogP contribution in [0.15, 0.2) is 58.4 Å². The quantitative estimate of drug-likeness (QED) is 0.666. The molecule has 0 N–H and O–H groups in total. The lowest BCUT2D eigenvalue weighted by molar-refractivity contribution is 0.241. The largest absolute Gasteiger partial charge is 0.293 e. The molecule has 28 heavy (non-hydrogen) atoms. The molecule has 7 nitrogen and oxygen atoms in total. The summed E-state index contributed by atoms with van der Waals surface area (Å²) in [6, 6.07) is 12.5. The predicted octanol–water partition coefficient (Wildman–Crippen LogP) is 1.50. The van der Waals surface area contributed by atoms with E-state index in [2.05, 4.69) is 9.88 Å². The second-order valence-electron chi connectivity index (χ2n) is 7.16. The Balaban J connectivity index is 1.61. The number of nitrogens with zero attached hydrogens (tertiary/aromatic N) is 4. The van der Waals surface area contributed by atoms with Gasteiger partial charge < -0.3 is 0 Å². The fraction of sp³-hybridized carbons (Fsp3) is 0.300. The molecule has 146 valence electrons. The average Bonchev–Trinajstić information content (AvgIpc) is 2.67. The van der Waals surface area contributed by atoms with Crippen LogP contribution >= 0.6 is 0 Å². The van der Waals surface area contributed by atoms with Crippen molar-refractivity contribution in [3.63, 3.8) is 0 Å². The molecule has 0 radical (unpaired) electrons. The van der Waals surface area contributed by atoms with Crippen LogP contribution in [0.4, 0.5) is 0 Å². The maximum absolute atomic E-state index is 12.6. The Labute approximate surface area is 163 Å². The molecule has 0 atom stereocenters. The Hall–Kier alpha value is -2.55. The van der Waals surface area contributed by atoms with Gasteiger partial charge in [0.1, 0.15) is 5.65 Å². The van der Waals surface area contributed by atoms with Crippen LogP contribution < -0.4 is 5.56 Å². The van der Waals surface area contributed by atoms with Gasteiger partial charge in [-0.2, -0.15) is 0 Å². The van der Waals surface area contributed by atoms with Crippen LogP contribution in [0.2, 0.25) is 0 Å². The Bertz CT molecular complexity index is 1200. The highest BCUT2D eigenvalue weighted by atomic mass is 32.2. The average molecular weight is 398 g/mol. The van der Waals surface area contributed by atoms with E-state index in [0.717, 1.165) is 16.8 Å². The summed E-state index contributed by atoms with van der Waals surface area (Å²) in [7, 11) is -0.368. The maximum Gasteiger partial charge on any atom is 0.258 e. The van der Waals surface area contributed by atoms with Gasteiger partial charge >= 0.3 is 0 Å². The van der Waals surface area contributed by atoms with Gasteiger partial charge in [-0.3, -0.25) is 14.1 Å². The normalized spacial score (nSPS) is 15.1. The molecule has 0 fully saturated rings. The van der Waals surface area contributed by atoms with E-state index >= 15 is 0 Å². The molecule has 0 saturated heterocycles. The van der Waals surface area contributed by atoms with E-state index in [-0.39, 0.29) is 5.56 Å². The van der Waals surface area contributed by atoms with Crippen molar-refractivity contribution in [3.8, 4) is 0 Å². The van der Waals surface area contributed by atoms with Crippen molar-refractivity contribution in [2.24, 2.45) is 0 Å². The van der Waals surface area contributed by atoms with Gasteiger partial charge in [-0.25, -0.2) is 17.7 Å². The van der Waals surface area contributed by atoms with Crippen LogP contribution in [0, 0.1) is 0 Å². The molecule has 0 bridgehead atoms. The first kappa shape index (κ1) is 18.8. The number of benzene rings is 1. The molecule has 1 aliphatic heterocycles. The van der Waals surface area contributed by atoms with Gasteiger partial charge in [0.2, 0.25) is 10.0 Å². The lowest BCUT2D eigenvalue weighted by atomic mass is 9.99. The lowest BCUT2D eigenvalue weighted by Gasteiger charge is -2.30. The van der Waals surface area contributed by atoms with Crippen LogP contribution in [-0.4, -0.2) is 47.6 Å². The van der Waals surface area contributed by atoms with E-state index in [1.165, 1.54) is 8.71 Å². The third-order valence-electron chi connectivity index (χ3n) is 5.07. The molecule has 3 heterocycles. The van der Waals surface area contributed by atoms with Crippen molar-refractivity contribution in [1.82, 2.24) is 18.6 Å². The Morgan fingerprint density at radius 3 is 2.75 bits per heavy atom. The smallest absolute Gasteiger partial charge is 0.258 e. The second kappa shape index (κ2) is 7.12. The Morgan fingerprint density at radius 1 is 1.14 bits per heavy atom. The van der Waals surface area contributed by atoms with E-state index in [4.69, 9.17) is 0 Å². The molecule has 4 rings (SSSR count). The van der Waals surface area contributed by atoms with E-state index in [9.17, 15) is 13.2 Å². The zero-order valence-electron chi connectivity index (χ0n) is 15.9. The van der Waals surface area contributed by atoms with Crippen LogP contribution in [0.1, 0.15) is 16.8 Å². The Morgan fingerprint density at radius 2 is 1.96 bits per heavy atom. The molecule has 8 heteroatoms. The summed E-state index contributed by atoms with van der Waals surface area (Å²) in [6.07, 6.45) is 2.35. The van der Waals surface area contributed by atoms with Crippen molar-refractivity contribution in [2.75, 3.05) is 20.6 Å². The third-order valence-corrected chi connectivity index (χ3v) is 6.97.